The molecule has 0 bridgehead atoms. The van der Waals surface area contributed by atoms with Crippen molar-refractivity contribution in [1.29, 1.82) is 0 Å². The lowest BCUT2D eigenvalue weighted by atomic mass is 10.0. The van der Waals surface area contributed by atoms with Gasteiger partial charge in [-0.3, -0.25) is 4.79 Å². The van der Waals surface area contributed by atoms with Crippen molar-refractivity contribution in [1.82, 2.24) is 5.32 Å². The number of carbonyl (C=O) groups excluding carboxylic acids is 1. The Morgan fingerprint density at radius 1 is 1.33 bits per heavy atom. The summed E-state index contributed by atoms with van der Waals surface area (Å²) < 4.78 is 48.9. The molecule has 1 aliphatic carbocycles. The van der Waals surface area contributed by atoms with Gasteiger partial charge in [0.1, 0.15) is 0 Å². The van der Waals surface area contributed by atoms with Crippen LogP contribution in [0.3, 0.4) is 0 Å². The standard InChI is InChI=1S/C9H13F4NO/c1-8(4-2-3-5-8)14-7(15)9(12,13)6(10)11/h6H,2-5H2,1H3,(H,14,15). The van der Waals surface area contributed by atoms with Crippen LogP contribution >= 0.6 is 0 Å². The van der Waals surface area contributed by atoms with Gasteiger partial charge in [0, 0.05) is 5.54 Å². The summed E-state index contributed by atoms with van der Waals surface area (Å²) in [7, 11) is 0. The van der Waals surface area contributed by atoms with E-state index in [1.54, 1.807) is 6.92 Å². The van der Waals surface area contributed by atoms with E-state index in [1.807, 2.05) is 5.32 Å². The largest absolute Gasteiger partial charge is 0.383 e. The molecule has 0 radical (unpaired) electrons. The van der Waals surface area contributed by atoms with E-state index in [1.165, 1.54) is 0 Å². The van der Waals surface area contributed by atoms with Crippen LogP contribution in [-0.4, -0.2) is 23.8 Å². The molecular formula is C9H13F4NO. The molecule has 1 fully saturated rings. The van der Waals surface area contributed by atoms with Crippen LogP contribution in [0.1, 0.15) is 32.6 Å². The Bertz CT molecular complexity index is 248. The van der Waals surface area contributed by atoms with Crippen molar-refractivity contribution in [2.45, 2.75) is 50.5 Å². The maximum atomic E-state index is 12.6. The maximum Gasteiger partial charge on any atom is 0.383 e. The van der Waals surface area contributed by atoms with Gasteiger partial charge in [-0.1, -0.05) is 12.8 Å². The highest BCUT2D eigenvalue weighted by atomic mass is 19.3. The number of amides is 1. The molecule has 1 amide bonds. The summed E-state index contributed by atoms with van der Waals surface area (Å²) in [4.78, 5) is 10.9. The van der Waals surface area contributed by atoms with Gasteiger partial charge in [-0.2, -0.15) is 8.78 Å². The average Bonchev–Trinajstić information content (AvgIpc) is 2.51. The Hall–Kier alpha value is -0.810. The average molecular weight is 227 g/mol. The molecule has 0 spiro atoms. The van der Waals surface area contributed by atoms with E-state index >= 15 is 0 Å². The first kappa shape index (κ1) is 12.3. The van der Waals surface area contributed by atoms with Crippen LogP contribution in [0.5, 0.6) is 0 Å². The second-order valence-electron chi connectivity index (χ2n) is 4.15. The molecule has 6 heteroatoms. The third kappa shape index (κ3) is 2.60. The monoisotopic (exact) mass is 227 g/mol. The van der Waals surface area contributed by atoms with Crippen molar-refractivity contribution in [3.8, 4) is 0 Å². The lowest BCUT2D eigenvalue weighted by Crippen LogP contribution is -2.53. The molecule has 1 N–H and O–H groups in total. The SMILES string of the molecule is CC1(NC(=O)C(F)(F)C(F)F)CCCC1. The predicted octanol–water partition coefficient (Wildman–Crippen LogP) is 2.34. The molecule has 1 rings (SSSR count). The molecule has 0 aliphatic heterocycles. The van der Waals surface area contributed by atoms with Gasteiger partial charge in [0.25, 0.3) is 5.91 Å². The highest BCUT2D eigenvalue weighted by Crippen LogP contribution is 2.31. The first-order valence-electron chi connectivity index (χ1n) is 4.76. The van der Waals surface area contributed by atoms with Gasteiger partial charge in [0.15, 0.2) is 0 Å². The molecule has 0 atom stereocenters. The summed E-state index contributed by atoms with van der Waals surface area (Å²) in [5.74, 6) is -6.46. The minimum absolute atomic E-state index is 0.554. The zero-order chi connectivity index (χ0) is 11.7. The van der Waals surface area contributed by atoms with Crippen LogP contribution in [0, 0.1) is 0 Å². The van der Waals surface area contributed by atoms with Crippen molar-refractivity contribution < 1.29 is 22.4 Å². The highest BCUT2D eigenvalue weighted by Gasteiger charge is 2.50. The lowest BCUT2D eigenvalue weighted by Gasteiger charge is -2.27. The molecule has 1 saturated carbocycles. The summed E-state index contributed by atoms with van der Waals surface area (Å²) in [6.07, 6.45) is -1.22. The number of alkyl halides is 4. The maximum absolute atomic E-state index is 12.6. The minimum atomic E-state index is -4.59. The highest BCUT2D eigenvalue weighted by molar-refractivity contribution is 5.84. The Morgan fingerprint density at radius 3 is 2.20 bits per heavy atom. The number of hydrogen-bond donors (Lipinski definition) is 1. The van der Waals surface area contributed by atoms with E-state index in [2.05, 4.69) is 0 Å². The Kier molecular flexibility index (Phi) is 3.25. The van der Waals surface area contributed by atoms with Crippen LogP contribution < -0.4 is 5.32 Å². The lowest BCUT2D eigenvalue weighted by molar-refractivity contribution is -0.171. The van der Waals surface area contributed by atoms with Crippen molar-refractivity contribution in [2.75, 3.05) is 0 Å². The van der Waals surface area contributed by atoms with Gasteiger partial charge < -0.3 is 5.32 Å². The smallest absolute Gasteiger partial charge is 0.346 e. The Balaban J connectivity index is 2.62. The Labute approximate surface area is 85.0 Å². The number of halogens is 4. The molecule has 1 aliphatic rings. The molecule has 0 aromatic rings. The minimum Gasteiger partial charge on any atom is -0.346 e. The van der Waals surface area contributed by atoms with Crippen LogP contribution in [0.2, 0.25) is 0 Å². The quantitative estimate of drug-likeness (QED) is 0.736. The third-order valence-corrected chi connectivity index (χ3v) is 2.70. The molecule has 2 nitrogen and oxygen atoms in total. The summed E-state index contributed by atoms with van der Waals surface area (Å²) in [6, 6.07) is 0. The molecule has 88 valence electrons. The van der Waals surface area contributed by atoms with Crippen molar-refractivity contribution in [3.63, 3.8) is 0 Å². The van der Waals surface area contributed by atoms with E-state index in [0.717, 1.165) is 12.8 Å². The van der Waals surface area contributed by atoms with Gasteiger partial charge in [-0.05, 0) is 19.8 Å². The molecule has 15 heavy (non-hydrogen) atoms. The van der Waals surface area contributed by atoms with E-state index < -0.39 is 23.8 Å². The van der Waals surface area contributed by atoms with E-state index in [0.29, 0.717) is 12.8 Å². The van der Waals surface area contributed by atoms with E-state index in [9.17, 15) is 22.4 Å². The van der Waals surface area contributed by atoms with Crippen molar-refractivity contribution >= 4 is 5.91 Å². The van der Waals surface area contributed by atoms with Gasteiger partial charge in [0.2, 0.25) is 0 Å². The number of hydrogen-bond acceptors (Lipinski definition) is 1. The van der Waals surface area contributed by atoms with E-state index in [-0.39, 0.29) is 0 Å². The topological polar surface area (TPSA) is 29.1 Å². The van der Waals surface area contributed by atoms with Gasteiger partial charge in [-0.15, -0.1) is 0 Å². The number of nitrogens with one attached hydrogen (secondary N) is 1. The molecule has 0 aromatic carbocycles. The van der Waals surface area contributed by atoms with Crippen molar-refractivity contribution in [2.24, 2.45) is 0 Å². The molecule has 0 aromatic heterocycles. The molecule has 0 unspecified atom stereocenters. The molecule has 0 heterocycles. The molecule has 0 saturated heterocycles. The van der Waals surface area contributed by atoms with Gasteiger partial charge >= 0.3 is 12.3 Å². The normalized spacial score (nSPS) is 20.7. The number of carbonyl (C=O) groups is 1. The van der Waals surface area contributed by atoms with Crippen LogP contribution in [0.25, 0.3) is 0 Å². The van der Waals surface area contributed by atoms with Gasteiger partial charge in [0.05, 0.1) is 0 Å². The van der Waals surface area contributed by atoms with Crippen LogP contribution in [0.4, 0.5) is 17.6 Å². The third-order valence-electron chi connectivity index (χ3n) is 2.70. The summed E-state index contributed by atoms with van der Waals surface area (Å²) in [5.41, 5.74) is -0.755. The zero-order valence-electron chi connectivity index (χ0n) is 8.33. The van der Waals surface area contributed by atoms with E-state index in [4.69, 9.17) is 0 Å². The summed E-state index contributed by atoms with van der Waals surface area (Å²) in [6.45, 7) is 1.60. The van der Waals surface area contributed by atoms with Crippen LogP contribution in [0.15, 0.2) is 0 Å². The fraction of sp³-hybridized carbons (Fsp3) is 0.889. The fourth-order valence-corrected chi connectivity index (χ4v) is 1.74. The Morgan fingerprint density at radius 2 is 1.80 bits per heavy atom. The summed E-state index contributed by atoms with van der Waals surface area (Å²) in [5, 5.41) is 2.01. The summed E-state index contributed by atoms with van der Waals surface area (Å²) >= 11 is 0. The number of rotatable bonds is 3. The zero-order valence-corrected chi connectivity index (χ0v) is 8.33. The first-order valence-corrected chi connectivity index (χ1v) is 4.76. The molecular weight excluding hydrogens is 214 g/mol. The van der Waals surface area contributed by atoms with Crippen molar-refractivity contribution in [3.05, 3.63) is 0 Å². The second-order valence-corrected chi connectivity index (χ2v) is 4.15. The predicted molar refractivity (Wildman–Crippen MR) is 46.0 cm³/mol. The first-order chi connectivity index (χ1) is 6.78. The fourth-order valence-electron chi connectivity index (χ4n) is 1.74. The van der Waals surface area contributed by atoms with Crippen LogP contribution in [-0.2, 0) is 4.79 Å². The van der Waals surface area contributed by atoms with Gasteiger partial charge in [-0.25, -0.2) is 8.78 Å². The second kappa shape index (κ2) is 3.98.